The van der Waals surface area contributed by atoms with Gasteiger partial charge in [0.1, 0.15) is 5.58 Å². The molecule has 0 aliphatic heterocycles. The second-order valence-electron chi connectivity index (χ2n) is 14.3. The van der Waals surface area contributed by atoms with Gasteiger partial charge in [0.05, 0.1) is 28.1 Å². The van der Waals surface area contributed by atoms with Crippen molar-refractivity contribution < 1.29 is 24.5 Å². The molecule has 6 heteroatoms. The van der Waals surface area contributed by atoms with E-state index in [1.54, 1.807) is 0 Å². The molecule has 0 N–H and O–H groups in total. The maximum absolute atomic E-state index is 6.43. The molecule has 1 radical (unpaired) electrons. The van der Waals surface area contributed by atoms with Crippen LogP contribution in [-0.2, 0) is 20.1 Å². The molecule has 0 unspecified atom stereocenters. The van der Waals surface area contributed by atoms with Gasteiger partial charge in [0.15, 0.2) is 0 Å². The van der Waals surface area contributed by atoms with Crippen LogP contribution in [-0.4, -0.2) is 19.5 Å². The predicted octanol–water partition coefficient (Wildman–Crippen LogP) is 12.9. The van der Waals surface area contributed by atoms with E-state index in [2.05, 4.69) is 110 Å². The number of benzene rings is 5. The van der Waals surface area contributed by atoms with Gasteiger partial charge in [0, 0.05) is 43.1 Å². The van der Waals surface area contributed by atoms with Gasteiger partial charge in [-0.25, -0.2) is 0 Å². The average molecular weight is 895 g/mol. The van der Waals surface area contributed by atoms with E-state index in [-0.39, 0.29) is 20.1 Å². The van der Waals surface area contributed by atoms with E-state index in [1.807, 2.05) is 86.8 Å². The van der Waals surface area contributed by atoms with E-state index in [0.29, 0.717) is 11.8 Å². The number of nitrogens with zero attached hydrogens (tertiary/aromatic N) is 4. The Labute approximate surface area is 336 Å². The van der Waals surface area contributed by atoms with Crippen LogP contribution >= 0.6 is 0 Å². The SMILES string of the molecule is Cc1cc2c(nc(-c3[c-]ccc4c3oc3ccccc34)n2-c2c(C(C)C)cccc2C(C)C)c(C)n1.[Ir].[c-]1ccccc1-c1cc(-c2ccccc2)ccn1. The molecule has 0 atom stereocenters. The van der Waals surface area contributed by atoms with E-state index >= 15 is 0 Å². The van der Waals surface area contributed by atoms with E-state index in [1.165, 1.54) is 27.9 Å². The Balaban J connectivity index is 0.000000206. The van der Waals surface area contributed by atoms with Crippen LogP contribution < -0.4 is 0 Å². The first-order valence-corrected chi connectivity index (χ1v) is 18.6. The Bertz CT molecular complexity index is 2670. The van der Waals surface area contributed by atoms with Crippen molar-refractivity contribution in [3.05, 3.63) is 168 Å². The fourth-order valence-electron chi connectivity index (χ4n) is 7.34. The fourth-order valence-corrected chi connectivity index (χ4v) is 7.34. The Morgan fingerprint density at radius 2 is 1.38 bits per heavy atom. The third-order valence-electron chi connectivity index (χ3n) is 9.93. The molecule has 0 amide bonds. The average Bonchev–Trinajstić information content (AvgIpc) is 3.77. The molecule has 275 valence electrons. The molecule has 0 aliphatic carbocycles. The summed E-state index contributed by atoms with van der Waals surface area (Å²) in [4.78, 5) is 14.4. The monoisotopic (exact) mass is 895 g/mol. The second kappa shape index (κ2) is 16.0. The summed E-state index contributed by atoms with van der Waals surface area (Å²) < 4.78 is 8.77. The number of imidazole rings is 1. The summed E-state index contributed by atoms with van der Waals surface area (Å²) in [5.74, 6) is 1.53. The number of hydrogen-bond donors (Lipinski definition) is 0. The minimum atomic E-state index is 0. The summed E-state index contributed by atoms with van der Waals surface area (Å²) in [6.45, 7) is 13.1. The van der Waals surface area contributed by atoms with Gasteiger partial charge in [-0.05, 0) is 71.8 Å². The molecular weight excluding hydrogens is 853 g/mol. The maximum atomic E-state index is 6.43. The van der Waals surface area contributed by atoms with Crippen LogP contribution in [0.5, 0.6) is 0 Å². The minimum Gasteiger partial charge on any atom is -0.501 e. The van der Waals surface area contributed by atoms with Gasteiger partial charge in [-0.1, -0.05) is 111 Å². The molecule has 9 rings (SSSR count). The number of furan rings is 1. The molecule has 0 aliphatic rings. The molecular formula is C49H42IrN4O-2. The van der Waals surface area contributed by atoms with Crippen molar-refractivity contribution in [1.29, 1.82) is 0 Å². The number of fused-ring (bicyclic) bond motifs is 4. The molecule has 4 heterocycles. The third kappa shape index (κ3) is 7.28. The summed E-state index contributed by atoms with van der Waals surface area (Å²) in [6.07, 6.45) is 1.85. The summed E-state index contributed by atoms with van der Waals surface area (Å²) in [6, 6.07) is 50.1. The number of para-hydroxylation sites is 2. The Kier molecular flexibility index (Phi) is 10.9. The number of hydrogen-bond acceptors (Lipinski definition) is 4. The van der Waals surface area contributed by atoms with Crippen molar-refractivity contribution in [2.45, 2.75) is 53.4 Å². The number of aryl methyl sites for hydroxylation is 2. The molecule has 0 spiro atoms. The normalized spacial score (nSPS) is 11.3. The van der Waals surface area contributed by atoms with Gasteiger partial charge in [-0.2, -0.15) is 0 Å². The van der Waals surface area contributed by atoms with Crippen molar-refractivity contribution in [2.24, 2.45) is 0 Å². The van der Waals surface area contributed by atoms with Gasteiger partial charge in [-0.15, -0.1) is 54.1 Å². The van der Waals surface area contributed by atoms with Gasteiger partial charge in [-0.3, -0.25) is 9.97 Å². The number of rotatable bonds is 6. The number of aromatic nitrogens is 4. The van der Waals surface area contributed by atoms with Crippen LogP contribution in [0.4, 0.5) is 0 Å². The molecule has 4 aromatic heterocycles. The van der Waals surface area contributed by atoms with E-state index < -0.39 is 0 Å². The molecule has 0 bridgehead atoms. The Morgan fingerprint density at radius 1 is 0.655 bits per heavy atom. The van der Waals surface area contributed by atoms with E-state index in [4.69, 9.17) is 14.4 Å². The van der Waals surface area contributed by atoms with Crippen LogP contribution in [0.25, 0.3) is 72.4 Å². The van der Waals surface area contributed by atoms with Crippen LogP contribution in [0, 0.1) is 26.0 Å². The first-order chi connectivity index (χ1) is 26.3. The zero-order chi connectivity index (χ0) is 37.3. The van der Waals surface area contributed by atoms with Crippen LogP contribution in [0.1, 0.15) is 62.0 Å². The first kappa shape index (κ1) is 37.6. The summed E-state index contributed by atoms with van der Waals surface area (Å²) >= 11 is 0. The largest absolute Gasteiger partial charge is 0.501 e. The molecule has 55 heavy (non-hydrogen) atoms. The molecule has 5 nitrogen and oxygen atoms in total. The van der Waals surface area contributed by atoms with Crippen LogP contribution in [0.15, 0.2) is 138 Å². The van der Waals surface area contributed by atoms with Crippen molar-refractivity contribution in [3.63, 3.8) is 0 Å². The molecule has 0 fully saturated rings. The minimum absolute atomic E-state index is 0. The van der Waals surface area contributed by atoms with Crippen LogP contribution in [0.3, 0.4) is 0 Å². The Morgan fingerprint density at radius 3 is 2.11 bits per heavy atom. The van der Waals surface area contributed by atoms with Gasteiger partial charge in [0.2, 0.25) is 0 Å². The van der Waals surface area contributed by atoms with Crippen molar-refractivity contribution in [2.75, 3.05) is 0 Å². The second-order valence-corrected chi connectivity index (χ2v) is 14.3. The fraction of sp³-hybridized carbons (Fsp3) is 0.163. The third-order valence-corrected chi connectivity index (χ3v) is 9.93. The molecule has 0 saturated heterocycles. The molecule has 0 saturated carbocycles. The standard InChI is InChI=1S/C32H30N3O.C17H12N.Ir/c1-18(2)22-12-9-13-23(19(3)4)30(22)35-27-17-20(5)33-21(6)29(27)34-32(35)26-15-10-14-25-24-11-7-8-16-28(24)36-31(25)26;1-3-7-14(8-4-1)16-11-12-18-17(13-16)15-9-5-2-6-10-15;/h7-14,16-19H,1-6H3;1-9,11-13H;/q2*-1;. The van der Waals surface area contributed by atoms with E-state index in [9.17, 15) is 0 Å². The van der Waals surface area contributed by atoms with E-state index in [0.717, 1.165) is 67.0 Å². The quantitative estimate of drug-likeness (QED) is 0.156. The van der Waals surface area contributed by atoms with Crippen molar-refractivity contribution in [3.8, 4) is 39.5 Å². The topological polar surface area (TPSA) is 56.7 Å². The smallest absolute Gasteiger partial charge is 0.120 e. The maximum Gasteiger partial charge on any atom is 0.120 e. The zero-order valence-corrected chi connectivity index (χ0v) is 34.3. The van der Waals surface area contributed by atoms with Gasteiger partial charge < -0.3 is 14.0 Å². The van der Waals surface area contributed by atoms with Gasteiger partial charge in [0.25, 0.3) is 0 Å². The van der Waals surface area contributed by atoms with Crippen LogP contribution in [0.2, 0.25) is 0 Å². The number of pyridine rings is 2. The Hall–Kier alpha value is -5.68. The van der Waals surface area contributed by atoms with Gasteiger partial charge >= 0.3 is 0 Å². The summed E-state index contributed by atoms with van der Waals surface area (Å²) in [5.41, 5.74) is 14.6. The zero-order valence-electron chi connectivity index (χ0n) is 31.9. The summed E-state index contributed by atoms with van der Waals surface area (Å²) in [5, 5.41) is 2.18. The van der Waals surface area contributed by atoms with Crippen molar-refractivity contribution in [1.82, 2.24) is 19.5 Å². The van der Waals surface area contributed by atoms with Crippen molar-refractivity contribution >= 4 is 33.0 Å². The predicted molar refractivity (Wildman–Crippen MR) is 222 cm³/mol. The first-order valence-electron chi connectivity index (χ1n) is 18.6. The molecule has 5 aromatic carbocycles. The molecule has 9 aromatic rings. The summed E-state index contributed by atoms with van der Waals surface area (Å²) in [7, 11) is 0.